The number of hydrogen-bond acceptors (Lipinski definition) is 4. The summed E-state index contributed by atoms with van der Waals surface area (Å²) in [6.07, 6.45) is 1.55. The van der Waals surface area contributed by atoms with Crippen LogP contribution in [0.2, 0.25) is 0 Å². The molecule has 0 spiro atoms. The summed E-state index contributed by atoms with van der Waals surface area (Å²) in [5.41, 5.74) is -0.747. The van der Waals surface area contributed by atoms with Crippen LogP contribution in [0.4, 0.5) is 10.1 Å². The van der Waals surface area contributed by atoms with Crippen LogP contribution in [0.1, 0.15) is 26.7 Å². The lowest BCUT2D eigenvalue weighted by Crippen LogP contribution is -2.25. The van der Waals surface area contributed by atoms with Gasteiger partial charge in [0.1, 0.15) is 0 Å². The molecule has 0 aliphatic carbocycles. The fourth-order valence-electron chi connectivity index (χ4n) is 1.60. The molecule has 0 aliphatic heterocycles. The highest BCUT2D eigenvalue weighted by molar-refractivity contribution is 7.89. The average molecular weight is 304 g/mol. The van der Waals surface area contributed by atoms with Gasteiger partial charge in [-0.05, 0) is 24.8 Å². The molecule has 8 heteroatoms. The summed E-state index contributed by atoms with van der Waals surface area (Å²) in [6, 6.07) is 2.52. The van der Waals surface area contributed by atoms with Crippen LogP contribution in [-0.2, 0) is 10.0 Å². The lowest BCUT2D eigenvalue weighted by atomic mass is 10.1. The molecule has 20 heavy (non-hydrogen) atoms. The van der Waals surface area contributed by atoms with Gasteiger partial charge < -0.3 is 0 Å². The molecule has 0 heterocycles. The minimum Gasteiger partial charge on any atom is -0.258 e. The summed E-state index contributed by atoms with van der Waals surface area (Å²) in [5.74, 6) is -0.698. The zero-order valence-corrected chi connectivity index (χ0v) is 12.1. The standard InChI is InChI=1S/C12H17FN2O4S/c1-9(2)4-3-7-14-20(18,19)10-5-6-12(15(16)17)11(13)8-10/h5-6,8-9,14H,3-4,7H2,1-2H3. The van der Waals surface area contributed by atoms with Gasteiger partial charge in [-0.25, -0.2) is 13.1 Å². The number of nitrogens with zero attached hydrogens (tertiary/aromatic N) is 1. The number of hydrogen-bond donors (Lipinski definition) is 1. The van der Waals surface area contributed by atoms with Gasteiger partial charge in [-0.2, -0.15) is 4.39 Å². The maximum Gasteiger partial charge on any atom is 0.304 e. The number of nitro groups is 1. The van der Waals surface area contributed by atoms with Crippen LogP contribution in [0, 0.1) is 21.8 Å². The highest BCUT2D eigenvalue weighted by atomic mass is 32.2. The monoisotopic (exact) mass is 304 g/mol. The average Bonchev–Trinajstić information content (AvgIpc) is 2.34. The molecular weight excluding hydrogens is 287 g/mol. The molecule has 0 saturated heterocycles. The van der Waals surface area contributed by atoms with E-state index in [-0.39, 0.29) is 11.4 Å². The van der Waals surface area contributed by atoms with E-state index in [0.29, 0.717) is 18.4 Å². The lowest BCUT2D eigenvalue weighted by molar-refractivity contribution is -0.387. The van der Waals surface area contributed by atoms with Crippen molar-refractivity contribution < 1.29 is 17.7 Å². The Hall–Kier alpha value is -1.54. The van der Waals surface area contributed by atoms with E-state index in [1.54, 1.807) is 0 Å². The van der Waals surface area contributed by atoms with Crippen molar-refractivity contribution >= 4 is 15.7 Å². The van der Waals surface area contributed by atoms with E-state index in [2.05, 4.69) is 4.72 Å². The van der Waals surface area contributed by atoms with E-state index >= 15 is 0 Å². The Labute approximate surface area is 117 Å². The molecule has 1 aromatic rings. The first kappa shape index (κ1) is 16.5. The molecule has 1 aromatic carbocycles. The van der Waals surface area contributed by atoms with Crippen molar-refractivity contribution in [3.8, 4) is 0 Å². The predicted molar refractivity (Wildman–Crippen MR) is 72.3 cm³/mol. The highest BCUT2D eigenvalue weighted by Gasteiger charge is 2.20. The second-order valence-corrected chi connectivity index (χ2v) is 6.57. The number of nitro benzene ring substituents is 1. The maximum atomic E-state index is 13.4. The zero-order valence-electron chi connectivity index (χ0n) is 11.3. The summed E-state index contributed by atoms with van der Waals surface area (Å²) in [6.45, 7) is 4.31. The molecule has 0 amide bonds. The Morgan fingerprint density at radius 3 is 2.55 bits per heavy atom. The Bertz CT molecular complexity index is 587. The number of benzene rings is 1. The number of sulfonamides is 1. The van der Waals surface area contributed by atoms with Crippen LogP contribution >= 0.6 is 0 Å². The Morgan fingerprint density at radius 2 is 2.05 bits per heavy atom. The van der Waals surface area contributed by atoms with Gasteiger partial charge in [0.15, 0.2) is 0 Å². The molecule has 0 aromatic heterocycles. The van der Waals surface area contributed by atoms with Crippen molar-refractivity contribution in [1.82, 2.24) is 4.72 Å². The molecule has 0 unspecified atom stereocenters. The van der Waals surface area contributed by atoms with Crippen molar-refractivity contribution in [1.29, 1.82) is 0 Å². The predicted octanol–water partition coefficient (Wildman–Crippen LogP) is 2.45. The van der Waals surface area contributed by atoms with Gasteiger partial charge in [0.05, 0.1) is 9.82 Å². The van der Waals surface area contributed by atoms with Gasteiger partial charge in [0.2, 0.25) is 15.8 Å². The molecular formula is C12H17FN2O4S. The minimum atomic E-state index is -3.84. The summed E-state index contributed by atoms with van der Waals surface area (Å²) in [7, 11) is -3.84. The normalized spacial score (nSPS) is 11.8. The maximum absolute atomic E-state index is 13.4. The Balaban J connectivity index is 2.78. The third kappa shape index (κ3) is 4.53. The zero-order chi connectivity index (χ0) is 15.3. The Morgan fingerprint density at radius 1 is 1.40 bits per heavy atom. The molecule has 0 aliphatic rings. The second-order valence-electron chi connectivity index (χ2n) is 4.80. The van der Waals surface area contributed by atoms with Crippen LogP contribution < -0.4 is 4.72 Å². The van der Waals surface area contributed by atoms with Crippen LogP contribution in [0.15, 0.2) is 23.1 Å². The van der Waals surface area contributed by atoms with Crippen LogP contribution in [0.5, 0.6) is 0 Å². The molecule has 0 bridgehead atoms. The molecule has 0 fully saturated rings. The van der Waals surface area contributed by atoms with Gasteiger partial charge in [-0.3, -0.25) is 10.1 Å². The second kappa shape index (κ2) is 6.76. The number of halogens is 1. The van der Waals surface area contributed by atoms with Crippen LogP contribution in [-0.4, -0.2) is 19.9 Å². The molecule has 0 radical (unpaired) electrons. The Kier molecular flexibility index (Phi) is 5.58. The molecule has 1 N–H and O–H groups in total. The number of nitrogens with one attached hydrogen (secondary N) is 1. The third-order valence-electron chi connectivity index (χ3n) is 2.68. The molecule has 1 rings (SSSR count). The fourth-order valence-corrected chi connectivity index (χ4v) is 2.69. The first-order chi connectivity index (χ1) is 9.24. The largest absolute Gasteiger partial charge is 0.304 e. The molecule has 0 atom stereocenters. The van der Waals surface area contributed by atoms with Crippen molar-refractivity contribution in [2.45, 2.75) is 31.6 Å². The van der Waals surface area contributed by atoms with E-state index in [4.69, 9.17) is 0 Å². The molecule has 6 nitrogen and oxygen atoms in total. The van der Waals surface area contributed by atoms with E-state index in [0.717, 1.165) is 18.6 Å². The van der Waals surface area contributed by atoms with Gasteiger partial charge >= 0.3 is 5.69 Å². The van der Waals surface area contributed by atoms with Crippen LogP contribution in [0.3, 0.4) is 0 Å². The lowest BCUT2D eigenvalue weighted by Gasteiger charge is -2.08. The van der Waals surface area contributed by atoms with E-state index < -0.39 is 26.5 Å². The minimum absolute atomic E-state index is 0.249. The van der Waals surface area contributed by atoms with Crippen molar-refractivity contribution in [3.05, 3.63) is 34.1 Å². The van der Waals surface area contributed by atoms with Crippen molar-refractivity contribution in [2.75, 3.05) is 6.54 Å². The quantitative estimate of drug-likeness (QED) is 0.476. The highest BCUT2D eigenvalue weighted by Crippen LogP contribution is 2.20. The van der Waals surface area contributed by atoms with E-state index in [1.807, 2.05) is 13.8 Å². The summed E-state index contributed by atoms with van der Waals surface area (Å²) in [5, 5.41) is 10.5. The third-order valence-corrected chi connectivity index (χ3v) is 4.14. The van der Waals surface area contributed by atoms with Gasteiger partial charge in [-0.15, -0.1) is 0 Å². The fraction of sp³-hybridized carbons (Fsp3) is 0.500. The van der Waals surface area contributed by atoms with Crippen LogP contribution in [0.25, 0.3) is 0 Å². The SMILES string of the molecule is CC(C)CCCNS(=O)(=O)c1ccc([N+](=O)[O-])c(F)c1. The van der Waals surface area contributed by atoms with Gasteiger partial charge in [0, 0.05) is 18.7 Å². The summed E-state index contributed by atoms with van der Waals surface area (Å²) in [4.78, 5) is 9.24. The van der Waals surface area contributed by atoms with E-state index in [1.165, 1.54) is 0 Å². The summed E-state index contributed by atoms with van der Waals surface area (Å²) < 4.78 is 39.5. The summed E-state index contributed by atoms with van der Waals surface area (Å²) >= 11 is 0. The first-order valence-electron chi connectivity index (χ1n) is 6.17. The molecule has 0 saturated carbocycles. The number of rotatable bonds is 7. The van der Waals surface area contributed by atoms with Gasteiger partial charge in [0.25, 0.3) is 0 Å². The van der Waals surface area contributed by atoms with Gasteiger partial charge in [-0.1, -0.05) is 13.8 Å². The first-order valence-corrected chi connectivity index (χ1v) is 7.66. The topological polar surface area (TPSA) is 89.3 Å². The van der Waals surface area contributed by atoms with Crippen molar-refractivity contribution in [3.63, 3.8) is 0 Å². The van der Waals surface area contributed by atoms with E-state index in [9.17, 15) is 22.9 Å². The smallest absolute Gasteiger partial charge is 0.258 e. The molecule has 112 valence electrons. The van der Waals surface area contributed by atoms with Crippen molar-refractivity contribution in [2.24, 2.45) is 5.92 Å².